The molecule has 5 aromatic rings. The van der Waals surface area contributed by atoms with Crippen LogP contribution in [0.5, 0.6) is 5.75 Å². The molecule has 0 bridgehead atoms. The van der Waals surface area contributed by atoms with Crippen LogP contribution in [0.25, 0.3) is 28.1 Å². The summed E-state index contributed by atoms with van der Waals surface area (Å²) >= 11 is 0. The average molecular weight is 715 g/mol. The number of aromatic nitrogens is 1. The number of carboxylic acids is 1. The highest BCUT2D eigenvalue weighted by Crippen LogP contribution is 2.37. The van der Waals surface area contributed by atoms with Crippen molar-refractivity contribution in [1.29, 1.82) is 0 Å². The molecule has 1 aliphatic carbocycles. The fraction of sp³-hybridized carbons (Fsp3) is 0.211. The third-order valence-corrected chi connectivity index (χ3v) is 8.36. The van der Waals surface area contributed by atoms with Crippen molar-refractivity contribution in [3.05, 3.63) is 114 Å². The number of fused-ring (bicyclic) bond motifs is 1. The van der Waals surface area contributed by atoms with Crippen LogP contribution in [0.1, 0.15) is 47.2 Å². The maximum Gasteiger partial charge on any atom is 0.573 e. The number of carboxylic acid groups (broad SMARTS) is 1. The van der Waals surface area contributed by atoms with E-state index in [-0.39, 0.29) is 29.2 Å². The summed E-state index contributed by atoms with van der Waals surface area (Å²) < 4.78 is 50.1. The molecule has 6 rings (SSSR count). The Balaban J connectivity index is 1.28. The summed E-state index contributed by atoms with van der Waals surface area (Å²) in [6.07, 6.45) is -0.364. The Labute approximate surface area is 295 Å². The molecule has 0 saturated carbocycles. The minimum atomic E-state index is -5.00. The van der Waals surface area contributed by atoms with E-state index in [1.54, 1.807) is 36.4 Å². The summed E-state index contributed by atoms with van der Waals surface area (Å²) in [6.45, 7) is -0.449. The number of nitrogens with one attached hydrogen (secondary N) is 2. The van der Waals surface area contributed by atoms with Crippen molar-refractivity contribution in [3.63, 3.8) is 0 Å². The highest BCUT2D eigenvalue weighted by Gasteiger charge is 2.33. The van der Waals surface area contributed by atoms with Gasteiger partial charge in [0.05, 0.1) is 18.7 Å². The van der Waals surface area contributed by atoms with Crippen molar-refractivity contribution in [3.8, 4) is 17.2 Å². The van der Waals surface area contributed by atoms with Gasteiger partial charge < -0.3 is 30.0 Å². The lowest BCUT2D eigenvalue weighted by Crippen LogP contribution is -2.36. The molecule has 52 heavy (non-hydrogen) atoms. The molecule has 11 nitrogen and oxygen atoms in total. The number of hydrogen-bond acceptors (Lipinski definition) is 7. The molecule has 268 valence electrons. The first-order chi connectivity index (χ1) is 24.9. The van der Waals surface area contributed by atoms with E-state index in [0.29, 0.717) is 22.4 Å². The number of benzene rings is 4. The van der Waals surface area contributed by atoms with Gasteiger partial charge in [0.15, 0.2) is 11.7 Å². The number of ether oxygens (including phenoxy) is 1. The number of aliphatic carboxylic acids is 1. The highest BCUT2D eigenvalue weighted by molar-refractivity contribution is 6.02. The molecular formula is C38H33F3N4O7. The van der Waals surface area contributed by atoms with Crippen molar-refractivity contribution < 1.29 is 46.9 Å². The SMILES string of the molecule is O=C(NC[C@@H](O)C(=O)O)c1ccc(CN(C(=O)Nc2ccc(OC(F)(F)F)c(-c3nc4ccccc4o3)c2)c2ccc(C3=CCCCC3)cc2)cc1. The van der Waals surface area contributed by atoms with Crippen LogP contribution in [0, 0.1) is 0 Å². The Morgan fingerprint density at radius 2 is 1.71 bits per heavy atom. The first kappa shape index (κ1) is 35.7. The van der Waals surface area contributed by atoms with Gasteiger partial charge in [-0.3, -0.25) is 9.69 Å². The van der Waals surface area contributed by atoms with Crippen LogP contribution in [0.3, 0.4) is 0 Å². The molecule has 4 aromatic carbocycles. The molecular weight excluding hydrogens is 681 g/mol. The minimum absolute atomic E-state index is 0.0285. The monoisotopic (exact) mass is 714 g/mol. The lowest BCUT2D eigenvalue weighted by atomic mass is 9.93. The van der Waals surface area contributed by atoms with Gasteiger partial charge in [0.25, 0.3) is 5.91 Å². The third-order valence-electron chi connectivity index (χ3n) is 8.36. The Morgan fingerprint density at radius 3 is 2.38 bits per heavy atom. The van der Waals surface area contributed by atoms with Crippen molar-refractivity contribution in [1.82, 2.24) is 10.3 Å². The number of aliphatic hydroxyl groups is 1. The molecule has 1 aromatic heterocycles. The number of carbonyl (C=O) groups excluding carboxylic acids is 2. The van der Waals surface area contributed by atoms with Crippen LogP contribution in [0.15, 0.2) is 101 Å². The first-order valence-electron chi connectivity index (χ1n) is 16.4. The maximum atomic E-state index is 14.0. The molecule has 0 fully saturated rings. The number of allylic oxidation sites excluding steroid dienone is 2. The zero-order valence-electron chi connectivity index (χ0n) is 27.5. The van der Waals surface area contributed by atoms with Gasteiger partial charge in [-0.25, -0.2) is 14.6 Å². The lowest BCUT2D eigenvalue weighted by molar-refractivity contribution is -0.274. The van der Waals surface area contributed by atoms with Gasteiger partial charge in [-0.05, 0) is 97.0 Å². The quantitative estimate of drug-likeness (QED) is 0.108. The number of oxazole rings is 1. The average Bonchev–Trinajstić information content (AvgIpc) is 3.58. The van der Waals surface area contributed by atoms with Crippen LogP contribution in [0.2, 0.25) is 0 Å². The molecule has 1 atom stereocenters. The molecule has 0 aliphatic heterocycles. The Kier molecular flexibility index (Phi) is 10.6. The number of urea groups is 1. The van der Waals surface area contributed by atoms with Gasteiger partial charge in [0.1, 0.15) is 11.3 Å². The third kappa shape index (κ3) is 8.76. The second-order valence-electron chi connectivity index (χ2n) is 12.0. The van der Waals surface area contributed by atoms with Crippen LogP contribution >= 0.6 is 0 Å². The summed E-state index contributed by atoms with van der Waals surface area (Å²) in [6, 6.07) is 23.4. The van der Waals surface area contributed by atoms with Crippen molar-refractivity contribution in [2.75, 3.05) is 16.8 Å². The number of hydrogen-bond donors (Lipinski definition) is 4. The zero-order valence-corrected chi connectivity index (χ0v) is 27.5. The fourth-order valence-electron chi connectivity index (χ4n) is 5.73. The van der Waals surface area contributed by atoms with Crippen LogP contribution in [-0.4, -0.2) is 52.1 Å². The summed E-state index contributed by atoms with van der Waals surface area (Å²) in [5, 5.41) is 23.4. The van der Waals surface area contributed by atoms with E-state index in [0.717, 1.165) is 37.3 Å². The molecule has 14 heteroatoms. The largest absolute Gasteiger partial charge is 0.573 e. The summed E-state index contributed by atoms with van der Waals surface area (Å²) in [5.74, 6) is -2.77. The number of aliphatic hydroxyl groups excluding tert-OH is 1. The van der Waals surface area contributed by atoms with E-state index in [1.807, 2.05) is 24.3 Å². The Hall–Kier alpha value is -6.15. The smallest absolute Gasteiger partial charge is 0.479 e. The second kappa shape index (κ2) is 15.4. The van der Waals surface area contributed by atoms with Crippen molar-refractivity contribution in [2.45, 2.75) is 44.7 Å². The van der Waals surface area contributed by atoms with Crippen LogP contribution in [0.4, 0.5) is 29.3 Å². The van der Waals surface area contributed by atoms with Gasteiger partial charge in [-0.15, -0.1) is 13.2 Å². The molecule has 0 saturated heterocycles. The molecule has 4 N–H and O–H groups in total. The number of halogens is 3. The van der Waals surface area contributed by atoms with E-state index in [4.69, 9.17) is 9.52 Å². The predicted molar refractivity (Wildman–Crippen MR) is 187 cm³/mol. The standard InChI is InChI=1S/C38H33F3N4O7/c39-38(40,41)52-32-19-16-27(20-29(32)35-44-30-8-4-5-9-33(30)51-35)43-37(50)45(28-17-14-25(15-18-28)24-6-2-1-3-7-24)22-23-10-12-26(13-11-23)34(47)42-21-31(46)36(48)49/h4-6,8-20,31,46H,1-3,7,21-22H2,(H,42,47)(H,43,50)(H,48,49)/t31-/m1/s1. The normalized spacial score (nSPS) is 13.6. The second-order valence-corrected chi connectivity index (χ2v) is 12.0. The van der Waals surface area contributed by atoms with E-state index in [1.165, 1.54) is 34.7 Å². The number of nitrogens with zero attached hydrogens (tertiary/aromatic N) is 2. The van der Waals surface area contributed by atoms with Crippen molar-refractivity contribution in [2.24, 2.45) is 0 Å². The first-order valence-corrected chi connectivity index (χ1v) is 16.4. The van der Waals surface area contributed by atoms with Crippen LogP contribution in [-0.2, 0) is 11.3 Å². The van der Waals surface area contributed by atoms with Gasteiger partial charge >= 0.3 is 18.4 Å². The summed E-state index contributed by atoms with van der Waals surface area (Å²) in [7, 11) is 0. The predicted octanol–water partition coefficient (Wildman–Crippen LogP) is 7.76. The molecule has 3 amide bonds. The Bertz CT molecular complexity index is 2080. The number of carbonyl (C=O) groups is 3. The lowest BCUT2D eigenvalue weighted by Gasteiger charge is -2.24. The zero-order chi connectivity index (χ0) is 36.8. The van der Waals surface area contributed by atoms with Gasteiger partial charge in [0.2, 0.25) is 5.89 Å². The molecule has 0 radical (unpaired) electrons. The number of alkyl halides is 3. The van der Waals surface area contributed by atoms with Crippen molar-refractivity contribution >= 4 is 46.0 Å². The van der Waals surface area contributed by atoms with Gasteiger partial charge in [-0.2, -0.15) is 0 Å². The molecule has 1 heterocycles. The van der Waals surface area contributed by atoms with Gasteiger partial charge in [0, 0.05) is 16.9 Å². The minimum Gasteiger partial charge on any atom is -0.479 e. The molecule has 1 aliphatic rings. The summed E-state index contributed by atoms with van der Waals surface area (Å²) in [5.41, 5.74) is 4.40. The van der Waals surface area contributed by atoms with Gasteiger partial charge in [-0.1, -0.05) is 42.5 Å². The summed E-state index contributed by atoms with van der Waals surface area (Å²) in [4.78, 5) is 43.1. The molecule has 0 spiro atoms. The molecule has 0 unspecified atom stereocenters. The van der Waals surface area contributed by atoms with E-state index in [2.05, 4.69) is 26.4 Å². The topological polar surface area (TPSA) is 154 Å². The maximum absolute atomic E-state index is 14.0. The number of rotatable bonds is 11. The van der Waals surface area contributed by atoms with E-state index >= 15 is 0 Å². The highest BCUT2D eigenvalue weighted by atomic mass is 19.4. The van der Waals surface area contributed by atoms with E-state index in [9.17, 15) is 32.7 Å². The number of para-hydroxylation sites is 2. The van der Waals surface area contributed by atoms with Crippen LogP contribution < -0.4 is 20.3 Å². The Morgan fingerprint density at radius 1 is 0.962 bits per heavy atom. The van der Waals surface area contributed by atoms with E-state index < -0.39 is 42.7 Å². The number of anilines is 2. The fourth-order valence-corrected chi connectivity index (χ4v) is 5.73. The number of amides is 3.